The van der Waals surface area contributed by atoms with E-state index < -0.39 is 0 Å². The molecule has 34 heavy (non-hydrogen) atoms. The van der Waals surface area contributed by atoms with Gasteiger partial charge < -0.3 is 9.55 Å². The normalized spacial score (nSPS) is 14.2. The summed E-state index contributed by atoms with van der Waals surface area (Å²) in [6.07, 6.45) is 5.17. The van der Waals surface area contributed by atoms with Crippen molar-refractivity contribution in [3.8, 4) is 16.8 Å². The lowest BCUT2D eigenvalue weighted by Crippen LogP contribution is -1.98. The minimum atomic E-state index is 0.823. The van der Waals surface area contributed by atoms with E-state index in [0.29, 0.717) is 0 Å². The Bertz CT molecular complexity index is 1790. The molecular weight excluding hydrogens is 412 g/mol. The van der Waals surface area contributed by atoms with E-state index in [-0.39, 0.29) is 0 Å². The topological polar surface area (TPSA) is 20.7 Å². The third-order valence-corrected chi connectivity index (χ3v) is 7.13. The van der Waals surface area contributed by atoms with Crippen molar-refractivity contribution in [2.75, 3.05) is 0 Å². The zero-order valence-corrected chi connectivity index (χ0v) is 19.1. The highest BCUT2D eigenvalue weighted by Gasteiger charge is 2.22. The van der Waals surface area contributed by atoms with Crippen molar-refractivity contribution in [2.45, 2.75) is 13.3 Å². The summed E-state index contributed by atoms with van der Waals surface area (Å²) in [4.78, 5) is 3.63. The second-order valence-corrected chi connectivity index (χ2v) is 9.30. The maximum Gasteiger partial charge on any atom is 0.0544 e. The van der Waals surface area contributed by atoms with Crippen LogP contribution >= 0.6 is 0 Å². The van der Waals surface area contributed by atoms with Crippen molar-refractivity contribution in [1.82, 2.24) is 9.55 Å². The molecule has 6 aromatic rings. The van der Waals surface area contributed by atoms with Gasteiger partial charge in [0, 0.05) is 38.6 Å². The molecule has 0 saturated carbocycles. The standard InChI is InChI=1S/C32H24N2/c1-20-11-14-22(15-12-20)34-29-10-6-4-8-25(29)32-26-19-21(2)13-17-28-31(23(26)16-18-30(32)34)24-7-3-5-9-27(24)33-28/h3-18,33H,2,19H2,1H3/b17-13-. The van der Waals surface area contributed by atoms with Crippen molar-refractivity contribution in [3.05, 3.63) is 120 Å². The van der Waals surface area contributed by atoms with Crippen molar-refractivity contribution >= 4 is 38.8 Å². The lowest BCUT2D eigenvalue weighted by atomic mass is 9.88. The number of aromatic nitrogens is 2. The fourth-order valence-electron chi connectivity index (χ4n) is 5.59. The molecule has 4 aromatic carbocycles. The third-order valence-electron chi connectivity index (χ3n) is 7.13. The molecule has 2 nitrogen and oxygen atoms in total. The lowest BCUT2D eigenvalue weighted by Gasteiger charge is -2.16. The third kappa shape index (κ3) is 2.69. The molecule has 0 amide bonds. The first-order chi connectivity index (χ1) is 16.7. The highest BCUT2D eigenvalue weighted by atomic mass is 15.0. The summed E-state index contributed by atoms with van der Waals surface area (Å²) in [5, 5.41) is 3.87. The Kier molecular flexibility index (Phi) is 4.01. The number of hydrogen-bond acceptors (Lipinski definition) is 0. The van der Waals surface area contributed by atoms with Gasteiger partial charge in [0.2, 0.25) is 0 Å². The number of para-hydroxylation sites is 2. The number of nitrogens with zero attached hydrogens (tertiary/aromatic N) is 1. The van der Waals surface area contributed by atoms with E-state index in [1.54, 1.807) is 0 Å². The van der Waals surface area contributed by atoms with Crippen molar-refractivity contribution < 1.29 is 0 Å². The van der Waals surface area contributed by atoms with Gasteiger partial charge in [-0.3, -0.25) is 0 Å². The molecule has 0 aliphatic heterocycles. The fraction of sp³-hybridized carbons (Fsp3) is 0.0625. The number of fused-ring (bicyclic) bond motifs is 9. The van der Waals surface area contributed by atoms with Crippen LogP contribution in [0.4, 0.5) is 0 Å². The Morgan fingerprint density at radius 1 is 0.765 bits per heavy atom. The smallest absolute Gasteiger partial charge is 0.0544 e. The van der Waals surface area contributed by atoms with E-state index >= 15 is 0 Å². The number of nitrogens with one attached hydrogen (secondary N) is 1. The van der Waals surface area contributed by atoms with Crippen LogP contribution < -0.4 is 0 Å². The maximum absolute atomic E-state index is 4.40. The molecule has 0 saturated heterocycles. The van der Waals surface area contributed by atoms with Crippen LogP contribution in [0.5, 0.6) is 0 Å². The quantitative estimate of drug-likeness (QED) is 0.267. The molecule has 1 aliphatic rings. The average Bonchev–Trinajstić information content (AvgIpc) is 3.38. The number of hydrogen-bond donors (Lipinski definition) is 1. The van der Waals surface area contributed by atoms with E-state index in [2.05, 4.69) is 120 Å². The lowest BCUT2D eigenvalue weighted by molar-refractivity contribution is 1.17. The van der Waals surface area contributed by atoms with Gasteiger partial charge in [-0.05, 0) is 60.9 Å². The van der Waals surface area contributed by atoms with Crippen molar-refractivity contribution in [1.29, 1.82) is 0 Å². The van der Waals surface area contributed by atoms with E-state index in [9.17, 15) is 0 Å². The van der Waals surface area contributed by atoms with Gasteiger partial charge in [0.1, 0.15) is 0 Å². The largest absolute Gasteiger partial charge is 0.354 e. The van der Waals surface area contributed by atoms with Gasteiger partial charge >= 0.3 is 0 Å². The fourth-order valence-corrected chi connectivity index (χ4v) is 5.59. The summed E-state index contributed by atoms with van der Waals surface area (Å²) in [6.45, 7) is 6.53. The molecule has 2 heterocycles. The molecule has 1 aliphatic carbocycles. The number of allylic oxidation sites excluding steroid dienone is 2. The molecule has 0 unspecified atom stereocenters. The van der Waals surface area contributed by atoms with Crippen LogP contribution in [0.3, 0.4) is 0 Å². The molecule has 0 bridgehead atoms. The zero-order chi connectivity index (χ0) is 22.8. The number of aromatic amines is 1. The van der Waals surface area contributed by atoms with Crippen LogP contribution in [0.25, 0.3) is 55.6 Å². The summed E-state index contributed by atoms with van der Waals surface area (Å²) >= 11 is 0. The van der Waals surface area contributed by atoms with Crippen molar-refractivity contribution in [3.63, 3.8) is 0 Å². The number of H-pyrrole nitrogens is 1. The molecule has 0 atom stereocenters. The summed E-state index contributed by atoms with van der Waals surface area (Å²) in [6, 6.07) is 30.8. The predicted octanol–water partition coefficient (Wildman–Crippen LogP) is 8.37. The van der Waals surface area contributed by atoms with E-state index in [0.717, 1.165) is 23.2 Å². The van der Waals surface area contributed by atoms with Gasteiger partial charge in [-0.2, -0.15) is 0 Å². The number of benzene rings is 4. The monoisotopic (exact) mass is 436 g/mol. The van der Waals surface area contributed by atoms with E-state index in [1.807, 2.05) is 0 Å². The first-order valence-corrected chi connectivity index (χ1v) is 11.8. The summed E-state index contributed by atoms with van der Waals surface area (Å²) in [7, 11) is 0. The maximum atomic E-state index is 4.40. The Morgan fingerprint density at radius 2 is 1.53 bits per heavy atom. The SMILES string of the molecule is C=C1/C=C\c2[nH]c3ccccc3c2-c2ccc3c(c2C1)c1ccccc1n3-c1ccc(C)cc1. The first kappa shape index (κ1) is 19.2. The van der Waals surface area contributed by atoms with Gasteiger partial charge in [0.05, 0.1) is 11.0 Å². The summed E-state index contributed by atoms with van der Waals surface area (Å²) < 4.78 is 2.40. The van der Waals surface area contributed by atoms with Gasteiger partial charge in [-0.25, -0.2) is 0 Å². The molecule has 1 N–H and O–H groups in total. The Morgan fingerprint density at radius 3 is 2.38 bits per heavy atom. The van der Waals surface area contributed by atoms with Crippen molar-refractivity contribution in [2.24, 2.45) is 0 Å². The van der Waals surface area contributed by atoms with E-state index in [4.69, 9.17) is 0 Å². The molecule has 2 aromatic heterocycles. The Hall–Kier alpha value is -4.30. The molecule has 0 spiro atoms. The molecule has 0 fully saturated rings. The summed E-state index contributed by atoms with van der Waals surface area (Å²) in [5.41, 5.74) is 12.3. The van der Waals surface area contributed by atoms with Crippen LogP contribution in [-0.4, -0.2) is 9.55 Å². The zero-order valence-electron chi connectivity index (χ0n) is 19.1. The van der Waals surface area contributed by atoms with Crippen LogP contribution in [0, 0.1) is 6.92 Å². The molecule has 2 heteroatoms. The van der Waals surface area contributed by atoms with Crippen LogP contribution in [0.2, 0.25) is 0 Å². The van der Waals surface area contributed by atoms with Gasteiger partial charge in [0.15, 0.2) is 0 Å². The Labute approximate surface area is 198 Å². The second kappa shape index (κ2) is 7.10. The van der Waals surface area contributed by atoms with Gasteiger partial charge in [0.25, 0.3) is 0 Å². The molecule has 0 radical (unpaired) electrons. The minimum absolute atomic E-state index is 0.823. The van der Waals surface area contributed by atoms with Gasteiger partial charge in [-0.15, -0.1) is 0 Å². The first-order valence-electron chi connectivity index (χ1n) is 11.8. The minimum Gasteiger partial charge on any atom is -0.354 e. The number of rotatable bonds is 1. The van der Waals surface area contributed by atoms with Crippen LogP contribution in [-0.2, 0) is 6.42 Å². The molecular formula is C32H24N2. The predicted molar refractivity (Wildman–Crippen MR) is 145 cm³/mol. The van der Waals surface area contributed by atoms with Crippen LogP contribution in [0.15, 0.2) is 103 Å². The molecule has 162 valence electrons. The highest BCUT2D eigenvalue weighted by Crippen LogP contribution is 2.43. The second-order valence-electron chi connectivity index (χ2n) is 9.30. The highest BCUT2D eigenvalue weighted by molar-refractivity contribution is 6.14. The average molecular weight is 437 g/mol. The van der Waals surface area contributed by atoms with Gasteiger partial charge in [-0.1, -0.05) is 78.4 Å². The van der Waals surface area contributed by atoms with E-state index in [1.165, 1.54) is 55.1 Å². The summed E-state index contributed by atoms with van der Waals surface area (Å²) in [5.74, 6) is 0. The number of aryl methyl sites for hydroxylation is 1. The molecule has 7 rings (SSSR count). The van der Waals surface area contributed by atoms with Crippen LogP contribution in [0.1, 0.15) is 16.8 Å². The Balaban J connectivity index is 1.64.